The normalized spacial score (nSPS) is 15.7. The van der Waals surface area contributed by atoms with Gasteiger partial charge >= 0.3 is 0 Å². The number of rotatable bonds is 20. The molecule has 246 valence electrons. The largest absolute Gasteiger partial charge is 0.394 e. The molecule has 0 radical (unpaired) electrons. The number of nitrogens with two attached hydrogens (primary N) is 1. The van der Waals surface area contributed by atoms with Gasteiger partial charge in [-0.3, -0.25) is 24.0 Å². The Labute approximate surface area is 258 Å². The number of nitrogens with one attached hydrogen (secondary N) is 5. The lowest BCUT2D eigenvalue weighted by atomic mass is 10.00. The number of hydrogen-bond donors (Lipinski definition) is 8. The Hall–Kier alpha value is -3.88. The third-order valence-electron chi connectivity index (χ3n) is 7.19. The van der Waals surface area contributed by atoms with Crippen molar-refractivity contribution in [2.75, 3.05) is 13.2 Å². The fourth-order valence-corrected chi connectivity index (χ4v) is 4.12. The second kappa shape index (κ2) is 20.1. The number of aliphatic hydroxyl groups excluding tert-OH is 2. The van der Waals surface area contributed by atoms with E-state index in [0.717, 1.165) is 0 Å². The molecule has 0 aromatic heterocycles. The molecule has 1 rings (SSSR count). The average Bonchev–Trinajstić information content (AvgIpc) is 3.00. The summed E-state index contributed by atoms with van der Waals surface area (Å²) >= 11 is 0. The van der Waals surface area contributed by atoms with Crippen LogP contribution < -0.4 is 32.3 Å². The monoisotopic (exact) mass is 620 g/mol. The van der Waals surface area contributed by atoms with Crippen molar-refractivity contribution < 1.29 is 39.0 Å². The molecule has 0 bridgehead atoms. The van der Waals surface area contributed by atoms with Gasteiger partial charge in [0, 0.05) is 19.9 Å². The van der Waals surface area contributed by atoms with Gasteiger partial charge in [-0.25, -0.2) is 0 Å². The van der Waals surface area contributed by atoms with E-state index in [1.807, 2.05) is 6.92 Å². The molecule has 5 amide bonds. The highest BCUT2D eigenvalue weighted by atomic mass is 16.3. The first-order valence-corrected chi connectivity index (χ1v) is 14.8. The van der Waals surface area contributed by atoms with Gasteiger partial charge in [0.25, 0.3) is 0 Å². The third-order valence-corrected chi connectivity index (χ3v) is 7.19. The van der Waals surface area contributed by atoms with Crippen LogP contribution in [0, 0.1) is 5.92 Å². The van der Waals surface area contributed by atoms with Gasteiger partial charge in [-0.15, -0.1) is 0 Å². The van der Waals surface area contributed by atoms with Crippen LogP contribution in [0.2, 0.25) is 0 Å². The molecule has 0 saturated carbocycles. The highest BCUT2D eigenvalue weighted by Crippen LogP contribution is 2.09. The summed E-state index contributed by atoms with van der Waals surface area (Å²) in [6.07, 6.45) is 1.02. The van der Waals surface area contributed by atoms with E-state index < -0.39 is 66.5 Å². The second-order valence-corrected chi connectivity index (χ2v) is 10.9. The van der Waals surface area contributed by atoms with E-state index in [1.54, 1.807) is 37.3 Å². The van der Waals surface area contributed by atoms with Gasteiger partial charge in [0.15, 0.2) is 0 Å². The van der Waals surface area contributed by atoms with Gasteiger partial charge in [-0.1, -0.05) is 50.6 Å². The molecule has 0 aliphatic heterocycles. The van der Waals surface area contributed by atoms with E-state index in [2.05, 4.69) is 26.6 Å². The molecule has 0 saturated heterocycles. The maximum Gasteiger partial charge on any atom is 0.245 e. The summed E-state index contributed by atoms with van der Waals surface area (Å²) in [7, 11) is 0. The molecule has 14 heteroatoms. The summed E-state index contributed by atoms with van der Waals surface area (Å²) in [5.74, 6) is -3.43. The fourth-order valence-electron chi connectivity index (χ4n) is 4.12. The van der Waals surface area contributed by atoms with Crippen LogP contribution in [-0.2, 0) is 35.2 Å². The van der Waals surface area contributed by atoms with Gasteiger partial charge in [-0.2, -0.15) is 0 Å². The molecule has 0 fully saturated rings. The number of aldehydes is 1. The van der Waals surface area contributed by atoms with Gasteiger partial charge in [0.2, 0.25) is 29.5 Å². The SMILES string of the molecule is CC[C@H](C)[C@@H](C=O)NC(=O)[C@H](CO)NC(=O)[C@H](CCCCNC(C)=O)NC(=O)[C@H](Cc1ccccc1)NC(=O)[C@@H](N)[C@@H](C)O. The smallest absolute Gasteiger partial charge is 0.245 e. The molecule has 1 aromatic rings. The minimum absolute atomic E-state index is 0.0478. The zero-order chi connectivity index (χ0) is 33.2. The predicted octanol–water partition coefficient (Wildman–Crippen LogP) is -1.58. The van der Waals surface area contributed by atoms with Crippen LogP contribution in [0.1, 0.15) is 58.9 Å². The molecule has 44 heavy (non-hydrogen) atoms. The Kier molecular flexibility index (Phi) is 17.5. The standard InChI is InChI=1S/C30H48N6O8/c1-5-18(2)24(16-37)35-29(43)25(17-38)36-27(41)22(13-9-10-14-32-20(4)40)33-28(42)23(15-21-11-7-6-8-12-21)34-30(44)26(31)19(3)39/h6-8,11-12,16,18-19,22-26,38-39H,5,9-10,13-15,17,31H2,1-4H3,(H,32,40)(H,33,42)(H,34,44)(H,35,43)(H,36,41)/t18-,19+,22-,23-,24+,25-,26-/m0/s1. The fraction of sp³-hybridized carbons (Fsp3) is 0.600. The zero-order valence-electron chi connectivity index (χ0n) is 25.9. The molecule has 0 aliphatic carbocycles. The summed E-state index contributed by atoms with van der Waals surface area (Å²) in [6, 6.07) is 2.91. The minimum Gasteiger partial charge on any atom is -0.394 e. The van der Waals surface area contributed by atoms with E-state index >= 15 is 0 Å². The summed E-state index contributed by atoms with van der Waals surface area (Å²) in [5, 5.41) is 32.4. The molecule has 0 spiro atoms. The first-order valence-electron chi connectivity index (χ1n) is 14.8. The van der Waals surface area contributed by atoms with E-state index in [9.17, 15) is 39.0 Å². The Morgan fingerprint density at radius 1 is 0.864 bits per heavy atom. The number of carbonyl (C=O) groups is 6. The molecule has 14 nitrogen and oxygen atoms in total. The predicted molar refractivity (Wildman–Crippen MR) is 163 cm³/mol. The lowest BCUT2D eigenvalue weighted by Gasteiger charge is -2.27. The summed E-state index contributed by atoms with van der Waals surface area (Å²) in [5.41, 5.74) is 6.47. The average molecular weight is 621 g/mol. The molecule has 0 heterocycles. The lowest BCUT2D eigenvalue weighted by molar-refractivity contribution is -0.135. The maximum absolute atomic E-state index is 13.5. The van der Waals surface area contributed by atoms with E-state index in [1.165, 1.54) is 13.8 Å². The van der Waals surface area contributed by atoms with Crippen molar-refractivity contribution in [3.05, 3.63) is 35.9 Å². The van der Waals surface area contributed by atoms with E-state index in [0.29, 0.717) is 37.7 Å². The molecule has 9 N–H and O–H groups in total. The number of benzene rings is 1. The number of amides is 5. The molecular weight excluding hydrogens is 572 g/mol. The van der Waals surface area contributed by atoms with Crippen LogP contribution in [0.25, 0.3) is 0 Å². The van der Waals surface area contributed by atoms with Crippen molar-refractivity contribution in [2.24, 2.45) is 11.7 Å². The Morgan fingerprint density at radius 3 is 1.98 bits per heavy atom. The van der Waals surface area contributed by atoms with Crippen molar-refractivity contribution in [2.45, 2.75) is 96.1 Å². The Bertz CT molecular complexity index is 1090. The van der Waals surface area contributed by atoms with Crippen molar-refractivity contribution in [1.29, 1.82) is 0 Å². The van der Waals surface area contributed by atoms with Gasteiger partial charge in [0.1, 0.15) is 30.5 Å². The van der Waals surface area contributed by atoms with E-state index in [4.69, 9.17) is 5.73 Å². The van der Waals surface area contributed by atoms with Crippen LogP contribution in [0.3, 0.4) is 0 Å². The van der Waals surface area contributed by atoms with Crippen molar-refractivity contribution in [1.82, 2.24) is 26.6 Å². The first-order chi connectivity index (χ1) is 20.8. The second-order valence-electron chi connectivity index (χ2n) is 10.9. The van der Waals surface area contributed by atoms with Crippen LogP contribution >= 0.6 is 0 Å². The quantitative estimate of drug-likeness (QED) is 0.0620. The number of carbonyl (C=O) groups excluding carboxylic acids is 6. The third kappa shape index (κ3) is 13.6. The first kappa shape index (κ1) is 38.1. The minimum atomic E-state index is -1.41. The Morgan fingerprint density at radius 2 is 1.43 bits per heavy atom. The maximum atomic E-state index is 13.5. The topological polar surface area (TPSA) is 229 Å². The molecule has 0 unspecified atom stereocenters. The summed E-state index contributed by atoms with van der Waals surface area (Å²) in [4.78, 5) is 75.0. The number of hydrogen-bond acceptors (Lipinski definition) is 9. The van der Waals surface area contributed by atoms with Crippen LogP contribution in [0.15, 0.2) is 30.3 Å². The van der Waals surface area contributed by atoms with Crippen molar-refractivity contribution >= 4 is 35.8 Å². The van der Waals surface area contributed by atoms with Gasteiger partial charge in [-0.05, 0) is 37.7 Å². The van der Waals surface area contributed by atoms with E-state index in [-0.39, 0.29) is 24.7 Å². The molecule has 0 aliphatic rings. The number of unbranched alkanes of at least 4 members (excludes halogenated alkanes) is 1. The van der Waals surface area contributed by atoms with Gasteiger partial charge in [0.05, 0.1) is 18.8 Å². The van der Waals surface area contributed by atoms with Crippen molar-refractivity contribution in [3.8, 4) is 0 Å². The van der Waals surface area contributed by atoms with Crippen LogP contribution in [0.4, 0.5) is 0 Å². The zero-order valence-corrected chi connectivity index (χ0v) is 25.9. The highest BCUT2D eigenvalue weighted by Gasteiger charge is 2.31. The van der Waals surface area contributed by atoms with Crippen LogP contribution in [0.5, 0.6) is 0 Å². The van der Waals surface area contributed by atoms with Crippen molar-refractivity contribution in [3.63, 3.8) is 0 Å². The summed E-state index contributed by atoms with van der Waals surface area (Å²) in [6.45, 7) is 5.91. The molecular formula is C30H48N6O8. The number of aliphatic hydroxyl groups is 2. The Balaban J connectivity index is 3.17. The lowest BCUT2D eigenvalue weighted by Crippen LogP contribution is -2.60. The summed E-state index contributed by atoms with van der Waals surface area (Å²) < 4.78 is 0. The van der Waals surface area contributed by atoms with Crippen LogP contribution in [-0.4, -0.2) is 95.5 Å². The molecule has 7 atom stereocenters. The van der Waals surface area contributed by atoms with Gasteiger partial charge < -0.3 is 47.3 Å². The molecule has 1 aromatic carbocycles. The highest BCUT2D eigenvalue weighted by molar-refractivity contribution is 5.95.